The van der Waals surface area contributed by atoms with Gasteiger partial charge >= 0.3 is 0 Å². The van der Waals surface area contributed by atoms with Crippen LogP contribution >= 0.6 is 0 Å². The number of halogens is 1. The lowest BCUT2D eigenvalue weighted by Gasteiger charge is -2.08. The second-order valence-electron chi connectivity index (χ2n) is 3.50. The zero-order valence-corrected chi connectivity index (χ0v) is 9.45. The smallest absolute Gasteiger partial charge is 0.178 e. The van der Waals surface area contributed by atoms with Crippen molar-refractivity contribution in [2.24, 2.45) is 5.73 Å². The number of sulfone groups is 1. The maximum atomic E-state index is 12.6. The first-order valence-electron chi connectivity index (χ1n) is 4.80. The third kappa shape index (κ3) is 3.55. The highest BCUT2D eigenvalue weighted by Crippen LogP contribution is 2.13. The van der Waals surface area contributed by atoms with Crippen molar-refractivity contribution >= 4 is 9.84 Å². The molecule has 0 heterocycles. The normalized spacial score (nSPS) is 13.7. The Labute approximate surface area is 93.8 Å². The number of benzene rings is 1. The van der Waals surface area contributed by atoms with Crippen LogP contribution in [-0.2, 0) is 9.84 Å². The largest absolute Gasteiger partial charge is 0.395 e. The Morgan fingerprint density at radius 2 is 1.88 bits per heavy atom. The number of aliphatic hydroxyl groups is 1. The van der Waals surface area contributed by atoms with Gasteiger partial charge in [0.05, 0.1) is 17.3 Å². The lowest BCUT2D eigenvalue weighted by Crippen LogP contribution is -2.27. The van der Waals surface area contributed by atoms with Crippen molar-refractivity contribution < 1.29 is 17.9 Å². The van der Waals surface area contributed by atoms with E-state index >= 15 is 0 Å². The van der Waals surface area contributed by atoms with Crippen molar-refractivity contribution in [3.8, 4) is 0 Å². The second kappa shape index (κ2) is 5.38. The zero-order valence-electron chi connectivity index (χ0n) is 8.64. The highest BCUT2D eigenvalue weighted by atomic mass is 32.2. The van der Waals surface area contributed by atoms with E-state index in [4.69, 9.17) is 10.8 Å². The van der Waals surface area contributed by atoms with E-state index in [1.807, 2.05) is 0 Å². The molecular formula is C10H14FNO3S. The molecule has 16 heavy (non-hydrogen) atoms. The van der Waals surface area contributed by atoms with Gasteiger partial charge in [0.15, 0.2) is 9.84 Å². The predicted molar refractivity (Wildman–Crippen MR) is 58.1 cm³/mol. The quantitative estimate of drug-likeness (QED) is 0.734. The minimum atomic E-state index is -3.44. The Balaban J connectivity index is 2.74. The molecule has 1 rings (SSSR count). The molecule has 3 N–H and O–H groups in total. The second-order valence-corrected chi connectivity index (χ2v) is 5.61. The van der Waals surface area contributed by atoms with Crippen LogP contribution in [0.1, 0.15) is 6.42 Å². The average Bonchev–Trinajstić information content (AvgIpc) is 2.26. The summed E-state index contributed by atoms with van der Waals surface area (Å²) in [6.45, 7) is -0.251. The standard InChI is InChI=1S/C10H14FNO3S/c11-8-1-3-10(4-2-8)16(14,15)6-5-9(12)7-13/h1-4,9,13H,5-7,12H2. The van der Waals surface area contributed by atoms with Crippen LogP contribution in [0.2, 0.25) is 0 Å². The van der Waals surface area contributed by atoms with Crippen LogP contribution in [0, 0.1) is 5.82 Å². The van der Waals surface area contributed by atoms with Crippen molar-refractivity contribution in [1.29, 1.82) is 0 Å². The molecule has 0 spiro atoms. The summed E-state index contributed by atoms with van der Waals surface area (Å²) in [6.07, 6.45) is 0.177. The van der Waals surface area contributed by atoms with Crippen molar-refractivity contribution in [1.82, 2.24) is 0 Å². The van der Waals surface area contributed by atoms with Gasteiger partial charge in [0.1, 0.15) is 5.82 Å². The molecule has 6 heteroatoms. The Morgan fingerprint density at radius 1 is 1.31 bits per heavy atom. The number of rotatable bonds is 5. The van der Waals surface area contributed by atoms with Gasteiger partial charge in [-0.15, -0.1) is 0 Å². The lowest BCUT2D eigenvalue weighted by atomic mass is 10.3. The summed E-state index contributed by atoms with van der Waals surface area (Å²) in [5.74, 6) is -0.633. The molecule has 1 unspecified atom stereocenters. The van der Waals surface area contributed by atoms with E-state index in [-0.39, 0.29) is 23.7 Å². The summed E-state index contributed by atoms with van der Waals surface area (Å²) in [6, 6.07) is 4.08. The maximum absolute atomic E-state index is 12.6. The van der Waals surface area contributed by atoms with E-state index in [1.54, 1.807) is 0 Å². The fourth-order valence-electron chi connectivity index (χ4n) is 1.16. The van der Waals surface area contributed by atoms with Crippen LogP contribution in [-0.4, -0.2) is 31.9 Å². The topological polar surface area (TPSA) is 80.4 Å². The van der Waals surface area contributed by atoms with E-state index in [0.717, 1.165) is 12.1 Å². The van der Waals surface area contributed by atoms with E-state index < -0.39 is 21.7 Å². The Kier molecular flexibility index (Phi) is 4.40. The Morgan fingerprint density at radius 3 is 2.38 bits per heavy atom. The molecule has 0 saturated carbocycles. The molecule has 0 aliphatic carbocycles. The molecule has 0 bridgehead atoms. The highest BCUT2D eigenvalue weighted by molar-refractivity contribution is 7.91. The maximum Gasteiger partial charge on any atom is 0.178 e. The summed E-state index contributed by atoms with van der Waals surface area (Å²) in [4.78, 5) is 0.0686. The van der Waals surface area contributed by atoms with Gasteiger partial charge in [-0.25, -0.2) is 12.8 Å². The molecule has 0 aliphatic heterocycles. The van der Waals surface area contributed by atoms with E-state index in [9.17, 15) is 12.8 Å². The molecule has 1 aromatic carbocycles. The number of hydrogen-bond acceptors (Lipinski definition) is 4. The van der Waals surface area contributed by atoms with E-state index in [0.29, 0.717) is 0 Å². The molecule has 0 aromatic heterocycles. The molecule has 0 saturated heterocycles. The summed E-state index contributed by atoms with van der Waals surface area (Å²) in [5.41, 5.74) is 5.41. The molecule has 0 radical (unpaired) electrons. The third-order valence-electron chi connectivity index (χ3n) is 2.16. The van der Waals surface area contributed by atoms with Gasteiger partial charge in [0.2, 0.25) is 0 Å². The van der Waals surface area contributed by atoms with Crippen molar-refractivity contribution in [3.63, 3.8) is 0 Å². The van der Waals surface area contributed by atoms with E-state index in [2.05, 4.69) is 0 Å². The Bertz CT molecular complexity index is 430. The monoisotopic (exact) mass is 247 g/mol. The number of aliphatic hydroxyl groups excluding tert-OH is 1. The van der Waals surface area contributed by atoms with Crippen LogP contribution in [0.25, 0.3) is 0 Å². The first-order valence-corrected chi connectivity index (χ1v) is 6.45. The van der Waals surface area contributed by atoms with Gasteiger partial charge in [0, 0.05) is 6.04 Å². The average molecular weight is 247 g/mol. The first kappa shape index (κ1) is 13.1. The molecule has 1 atom stereocenters. The minimum absolute atomic E-state index is 0.0686. The van der Waals surface area contributed by atoms with Gasteiger partial charge < -0.3 is 10.8 Å². The number of hydrogen-bond donors (Lipinski definition) is 2. The minimum Gasteiger partial charge on any atom is -0.395 e. The van der Waals surface area contributed by atoms with Crippen LogP contribution in [0.3, 0.4) is 0 Å². The SMILES string of the molecule is NC(CO)CCS(=O)(=O)c1ccc(F)cc1. The van der Waals surface area contributed by atoms with Gasteiger partial charge in [-0.1, -0.05) is 0 Å². The molecular weight excluding hydrogens is 233 g/mol. The fraction of sp³-hybridized carbons (Fsp3) is 0.400. The number of nitrogens with two attached hydrogens (primary N) is 1. The van der Waals surface area contributed by atoms with Gasteiger partial charge in [0.25, 0.3) is 0 Å². The van der Waals surface area contributed by atoms with Crippen LogP contribution in [0.4, 0.5) is 4.39 Å². The lowest BCUT2D eigenvalue weighted by molar-refractivity contribution is 0.263. The van der Waals surface area contributed by atoms with Crippen molar-refractivity contribution in [2.45, 2.75) is 17.4 Å². The van der Waals surface area contributed by atoms with Gasteiger partial charge in [-0.3, -0.25) is 0 Å². The summed E-state index contributed by atoms with van der Waals surface area (Å²) >= 11 is 0. The van der Waals surface area contributed by atoms with Gasteiger partial charge in [-0.05, 0) is 30.7 Å². The molecule has 0 aliphatic rings. The third-order valence-corrected chi connectivity index (χ3v) is 3.93. The first-order chi connectivity index (χ1) is 7.45. The van der Waals surface area contributed by atoms with Crippen LogP contribution < -0.4 is 5.73 Å². The van der Waals surface area contributed by atoms with Crippen LogP contribution in [0.15, 0.2) is 29.2 Å². The van der Waals surface area contributed by atoms with Crippen LogP contribution in [0.5, 0.6) is 0 Å². The molecule has 1 aromatic rings. The fourth-order valence-corrected chi connectivity index (χ4v) is 2.56. The summed E-state index contributed by atoms with van der Waals surface area (Å²) in [7, 11) is -3.44. The highest BCUT2D eigenvalue weighted by Gasteiger charge is 2.15. The molecule has 0 amide bonds. The van der Waals surface area contributed by atoms with Gasteiger partial charge in [-0.2, -0.15) is 0 Å². The molecule has 90 valence electrons. The predicted octanol–water partition coefficient (Wildman–Crippen LogP) is 0.309. The summed E-state index contributed by atoms with van der Waals surface area (Å²) in [5, 5.41) is 8.67. The zero-order chi connectivity index (χ0) is 12.2. The Hall–Kier alpha value is -0.980. The van der Waals surface area contributed by atoms with Crippen molar-refractivity contribution in [3.05, 3.63) is 30.1 Å². The molecule has 4 nitrogen and oxygen atoms in total. The van der Waals surface area contributed by atoms with Crippen molar-refractivity contribution in [2.75, 3.05) is 12.4 Å². The molecule has 0 fully saturated rings. The summed E-state index contributed by atoms with van der Waals surface area (Å²) < 4.78 is 36.0. The van der Waals surface area contributed by atoms with E-state index in [1.165, 1.54) is 12.1 Å².